The number of nitrogens with one attached hydrogen (secondary N) is 2. The molecule has 2 aromatic carbocycles. The summed E-state index contributed by atoms with van der Waals surface area (Å²) in [5.41, 5.74) is 1.90. The van der Waals surface area contributed by atoms with E-state index in [1.807, 2.05) is 48.7 Å². The molecule has 3 aromatic rings. The number of hydrogen-bond donors (Lipinski definition) is 2. The van der Waals surface area contributed by atoms with Crippen molar-refractivity contribution in [3.8, 4) is 5.75 Å². The molecule has 0 spiro atoms. The maximum absolute atomic E-state index is 14.0. The highest BCUT2D eigenvalue weighted by Gasteiger charge is 2.34. The van der Waals surface area contributed by atoms with E-state index in [1.54, 1.807) is 29.2 Å². The van der Waals surface area contributed by atoms with Gasteiger partial charge in [-0.25, -0.2) is 0 Å². The molecule has 2 N–H and O–H groups in total. The normalized spacial score (nSPS) is 14.4. The van der Waals surface area contributed by atoms with Crippen LogP contribution in [0.5, 0.6) is 5.75 Å². The van der Waals surface area contributed by atoms with Crippen LogP contribution in [0.1, 0.15) is 62.4 Å². The number of carbonyl (C=O) groups excluding carboxylic acids is 3. The Bertz CT molecular complexity index is 1200. The summed E-state index contributed by atoms with van der Waals surface area (Å²) in [6.45, 7) is 3.91. The molecule has 0 aliphatic heterocycles. The van der Waals surface area contributed by atoms with Gasteiger partial charge in [0, 0.05) is 29.2 Å². The lowest BCUT2D eigenvalue weighted by molar-refractivity contribution is -0.127. The van der Waals surface area contributed by atoms with Gasteiger partial charge in [0.15, 0.2) is 0 Å². The summed E-state index contributed by atoms with van der Waals surface area (Å²) in [6.07, 6.45) is 5.41. The van der Waals surface area contributed by atoms with Gasteiger partial charge in [0.1, 0.15) is 11.8 Å². The van der Waals surface area contributed by atoms with E-state index in [0.717, 1.165) is 30.6 Å². The Labute approximate surface area is 228 Å². The predicted molar refractivity (Wildman–Crippen MR) is 152 cm³/mol. The van der Waals surface area contributed by atoms with Crippen LogP contribution in [0.4, 0.5) is 11.4 Å². The standard InChI is InChI=1S/C30H35N3O4S/c1-3-37-26-17-11-22(12-18-26)29(30(36)32-23-8-5-4-6-9-23)33(28(35)20-27-10-7-19-38-27)25-15-13-24(14-16-25)31-21(2)34/h7,10-19,23,29H,3-6,8-9,20H2,1-2H3,(H,31,34)(H,32,36). The Balaban J connectivity index is 1.74. The first-order valence-electron chi connectivity index (χ1n) is 13.2. The highest BCUT2D eigenvalue weighted by molar-refractivity contribution is 7.10. The third kappa shape index (κ3) is 7.22. The Morgan fingerprint density at radius 2 is 1.71 bits per heavy atom. The third-order valence-electron chi connectivity index (χ3n) is 6.61. The predicted octanol–water partition coefficient (Wildman–Crippen LogP) is 5.87. The second-order valence-corrected chi connectivity index (χ2v) is 10.5. The average molecular weight is 534 g/mol. The van der Waals surface area contributed by atoms with E-state index < -0.39 is 6.04 Å². The lowest BCUT2D eigenvalue weighted by atomic mass is 9.94. The van der Waals surface area contributed by atoms with Crippen LogP contribution >= 0.6 is 11.3 Å². The smallest absolute Gasteiger partial charge is 0.248 e. The fraction of sp³-hybridized carbons (Fsp3) is 0.367. The van der Waals surface area contributed by atoms with Crippen molar-refractivity contribution in [1.82, 2.24) is 5.32 Å². The molecular formula is C30H35N3O4S. The van der Waals surface area contributed by atoms with Crippen LogP contribution in [0.2, 0.25) is 0 Å². The molecule has 3 amide bonds. The molecular weight excluding hydrogens is 498 g/mol. The largest absolute Gasteiger partial charge is 0.494 e. The number of anilines is 2. The molecule has 1 aliphatic carbocycles. The lowest BCUT2D eigenvalue weighted by Crippen LogP contribution is -2.47. The molecule has 1 aromatic heterocycles. The Morgan fingerprint density at radius 3 is 2.32 bits per heavy atom. The van der Waals surface area contributed by atoms with Gasteiger partial charge in [0.25, 0.3) is 0 Å². The van der Waals surface area contributed by atoms with Crippen molar-refractivity contribution in [2.24, 2.45) is 0 Å². The van der Waals surface area contributed by atoms with Gasteiger partial charge in [-0.1, -0.05) is 37.5 Å². The van der Waals surface area contributed by atoms with Gasteiger partial charge >= 0.3 is 0 Å². The van der Waals surface area contributed by atoms with Gasteiger partial charge < -0.3 is 15.4 Å². The van der Waals surface area contributed by atoms with Gasteiger partial charge in [-0.2, -0.15) is 0 Å². The summed E-state index contributed by atoms with van der Waals surface area (Å²) in [7, 11) is 0. The second kappa shape index (κ2) is 13.2. The van der Waals surface area contributed by atoms with Gasteiger partial charge in [-0.05, 0) is 73.2 Å². The summed E-state index contributed by atoms with van der Waals surface area (Å²) >= 11 is 1.51. The molecule has 4 rings (SSSR count). The van der Waals surface area contributed by atoms with Crippen molar-refractivity contribution in [3.63, 3.8) is 0 Å². The number of ether oxygens (including phenoxy) is 1. The third-order valence-corrected chi connectivity index (χ3v) is 7.48. The van der Waals surface area contributed by atoms with E-state index >= 15 is 0 Å². The zero-order chi connectivity index (χ0) is 26.9. The SMILES string of the molecule is CCOc1ccc(C(C(=O)NC2CCCCC2)N(C(=O)Cc2cccs2)c2ccc(NC(C)=O)cc2)cc1. The highest BCUT2D eigenvalue weighted by Crippen LogP contribution is 2.32. The lowest BCUT2D eigenvalue weighted by Gasteiger charge is -2.33. The summed E-state index contributed by atoms with van der Waals surface area (Å²) in [6, 6.07) is 17.5. The molecule has 1 saturated carbocycles. The molecule has 1 aliphatic rings. The number of hydrogen-bond acceptors (Lipinski definition) is 5. The van der Waals surface area contributed by atoms with Crippen LogP contribution in [0.15, 0.2) is 66.0 Å². The van der Waals surface area contributed by atoms with Gasteiger partial charge in [0.2, 0.25) is 17.7 Å². The minimum Gasteiger partial charge on any atom is -0.494 e. The van der Waals surface area contributed by atoms with Crippen molar-refractivity contribution < 1.29 is 19.1 Å². The molecule has 1 unspecified atom stereocenters. The summed E-state index contributed by atoms with van der Waals surface area (Å²) in [5.74, 6) is 0.144. The number of carbonyl (C=O) groups is 3. The Hall–Kier alpha value is -3.65. The van der Waals surface area contributed by atoms with Crippen LogP contribution in [0, 0.1) is 0 Å². The van der Waals surface area contributed by atoms with Crippen molar-refractivity contribution >= 4 is 40.4 Å². The molecule has 1 fully saturated rings. The van der Waals surface area contributed by atoms with Crippen LogP contribution in [0.25, 0.3) is 0 Å². The zero-order valence-electron chi connectivity index (χ0n) is 21.9. The van der Waals surface area contributed by atoms with Crippen molar-refractivity contribution in [2.45, 2.75) is 64.5 Å². The van der Waals surface area contributed by atoms with E-state index in [-0.39, 0.29) is 30.2 Å². The fourth-order valence-corrected chi connectivity index (χ4v) is 5.55. The van der Waals surface area contributed by atoms with Crippen molar-refractivity contribution in [2.75, 3.05) is 16.8 Å². The molecule has 0 saturated heterocycles. The average Bonchev–Trinajstić information content (AvgIpc) is 3.42. The number of amides is 3. The number of rotatable bonds is 10. The zero-order valence-corrected chi connectivity index (χ0v) is 22.8. The monoisotopic (exact) mass is 533 g/mol. The summed E-state index contributed by atoms with van der Waals surface area (Å²) in [4.78, 5) is 41.9. The first-order chi connectivity index (χ1) is 18.4. The van der Waals surface area contributed by atoms with E-state index in [2.05, 4.69) is 10.6 Å². The van der Waals surface area contributed by atoms with E-state index in [1.165, 1.54) is 24.7 Å². The molecule has 0 bridgehead atoms. The number of nitrogens with zero attached hydrogens (tertiary/aromatic N) is 1. The maximum Gasteiger partial charge on any atom is 0.248 e. The van der Waals surface area contributed by atoms with E-state index in [4.69, 9.17) is 4.74 Å². The first-order valence-corrected chi connectivity index (χ1v) is 14.1. The van der Waals surface area contributed by atoms with E-state index in [0.29, 0.717) is 29.3 Å². The molecule has 0 radical (unpaired) electrons. The van der Waals surface area contributed by atoms with Crippen LogP contribution < -0.4 is 20.3 Å². The van der Waals surface area contributed by atoms with Crippen LogP contribution in [0.3, 0.4) is 0 Å². The Morgan fingerprint density at radius 1 is 1.00 bits per heavy atom. The highest BCUT2D eigenvalue weighted by atomic mass is 32.1. The molecule has 200 valence electrons. The van der Waals surface area contributed by atoms with Crippen LogP contribution in [-0.2, 0) is 20.8 Å². The van der Waals surface area contributed by atoms with Gasteiger partial charge in [-0.15, -0.1) is 11.3 Å². The van der Waals surface area contributed by atoms with Crippen molar-refractivity contribution in [3.05, 3.63) is 76.5 Å². The molecule has 7 nitrogen and oxygen atoms in total. The molecule has 1 heterocycles. The molecule has 8 heteroatoms. The minimum atomic E-state index is -0.869. The topological polar surface area (TPSA) is 87.7 Å². The first kappa shape index (κ1) is 27.4. The fourth-order valence-electron chi connectivity index (χ4n) is 4.85. The van der Waals surface area contributed by atoms with E-state index in [9.17, 15) is 14.4 Å². The summed E-state index contributed by atoms with van der Waals surface area (Å²) in [5, 5.41) is 7.94. The number of thiophene rings is 1. The maximum atomic E-state index is 14.0. The second-order valence-electron chi connectivity index (χ2n) is 9.50. The molecule has 38 heavy (non-hydrogen) atoms. The quantitative estimate of drug-likeness (QED) is 0.341. The van der Waals surface area contributed by atoms with Crippen LogP contribution in [-0.4, -0.2) is 30.4 Å². The van der Waals surface area contributed by atoms with Gasteiger partial charge in [-0.3, -0.25) is 19.3 Å². The van der Waals surface area contributed by atoms with Crippen molar-refractivity contribution in [1.29, 1.82) is 0 Å². The Kier molecular flexibility index (Phi) is 9.54. The number of benzene rings is 2. The van der Waals surface area contributed by atoms with Gasteiger partial charge in [0.05, 0.1) is 13.0 Å². The molecule has 1 atom stereocenters. The summed E-state index contributed by atoms with van der Waals surface area (Å²) < 4.78 is 5.62. The minimum absolute atomic E-state index is 0.0952.